The van der Waals surface area contributed by atoms with Gasteiger partial charge in [-0.1, -0.05) is 25.8 Å². The van der Waals surface area contributed by atoms with Crippen molar-refractivity contribution in [3.05, 3.63) is 29.6 Å². The minimum atomic E-state index is -0.285. The van der Waals surface area contributed by atoms with Crippen LogP contribution in [0.15, 0.2) is 18.3 Å². The van der Waals surface area contributed by atoms with Crippen LogP contribution in [0, 0.1) is 11.3 Å². The number of nitrogens with zero attached hydrogens (tertiary/aromatic N) is 2. The fourth-order valence-corrected chi connectivity index (χ4v) is 2.32. The molecule has 0 aliphatic heterocycles. The lowest BCUT2D eigenvalue weighted by Gasteiger charge is -2.19. The highest BCUT2D eigenvalue weighted by Gasteiger charge is 2.36. The van der Waals surface area contributed by atoms with E-state index >= 15 is 0 Å². The Morgan fingerprint density at radius 3 is 2.60 bits per heavy atom. The number of hydrogen-bond donors (Lipinski definition) is 0. The van der Waals surface area contributed by atoms with Crippen molar-refractivity contribution in [1.82, 2.24) is 4.98 Å². The molecule has 0 aromatic carbocycles. The molecule has 78 valence electrons. The smallest absolute Gasteiger partial charge is 0.0993 e. The summed E-state index contributed by atoms with van der Waals surface area (Å²) in [4.78, 5) is 4.45. The van der Waals surface area contributed by atoms with E-state index in [1.54, 1.807) is 0 Å². The maximum atomic E-state index is 9.31. The Balaban J connectivity index is 2.32. The largest absolute Gasteiger partial charge is 0.259 e. The summed E-state index contributed by atoms with van der Waals surface area (Å²) in [6.45, 7) is 2.12. The minimum Gasteiger partial charge on any atom is -0.259 e. The van der Waals surface area contributed by atoms with Crippen molar-refractivity contribution in [2.24, 2.45) is 0 Å². The Morgan fingerprint density at radius 1 is 1.40 bits per heavy atom. The van der Waals surface area contributed by atoms with E-state index in [-0.39, 0.29) is 5.41 Å². The standard InChI is InChI=1S/C13H16N2/c1-2-11-5-6-12(15-9-11)13(10-14)7-3-4-8-13/h5-6,9H,2-4,7-8H2,1H3. The molecule has 0 spiro atoms. The molecule has 0 atom stereocenters. The van der Waals surface area contributed by atoms with Crippen LogP contribution >= 0.6 is 0 Å². The average Bonchev–Trinajstić information content (AvgIpc) is 2.79. The van der Waals surface area contributed by atoms with Crippen LogP contribution in [-0.4, -0.2) is 4.98 Å². The second kappa shape index (κ2) is 4.02. The van der Waals surface area contributed by atoms with Crippen molar-refractivity contribution < 1.29 is 0 Å². The van der Waals surface area contributed by atoms with Crippen LogP contribution in [0.2, 0.25) is 0 Å². The summed E-state index contributed by atoms with van der Waals surface area (Å²) in [6.07, 6.45) is 7.18. The van der Waals surface area contributed by atoms with Crippen LogP contribution in [0.3, 0.4) is 0 Å². The lowest BCUT2D eigenvalue weighted by Crippen LogP contribution is -2.20. The number of nitriles is 1. The molecule has 2 heteroatoms. The van der Waals surface area contributed by atoms with E-state index in [4.69, 9.17) is 0 Å². The first-order chi connectivity index (χ1) is 7.30. The lowest BCUT2D eigenvalue weighted by molar-refractivity contribution is 0.554. The van der Waals surface area contributed by atoms with Gasteiger partial charge in [0.1, 0.15) is 0 Å². The quantitative estimate of drug-likeness (QED) is 0.735. The van der Waals surface area contributed by atoms with E-state index in [0.29, 0.717) is 0 Å². The van der Waals surface area contributed by atoms with E-state index < -0.39 is 0 Å². The Kier molecular flexibility index (Phi) is 2.73. The Bertz CT molecular complexity index is 367. The molecular formula is C13H16N2. The Hall–Kier alpha value is -1.36. The van der Waals surface area contributed by atoms with Gasteiger partial charge in [0.15, 0.2) is 0 Å². The van der Waals surface area contributed by atoms with Gasteiger partial charge in [-0.2, -0.15) is 5.26 Å². The van der Waals surface area contributed by atoms with E-state index in [2.05, 4.69) is 24.0 Å². The number of aromatic nitrogens is 1. The van der Waals surface area contributed by atoms with Crippen molar-refractivity contribution >= 4 is 0 Å². The zero-order valence-corrected chi connectivity index (χ0v) is 9.16. The molecule has 2 nitrogen and oxygen atoms in total. The monoisotopic (exact) mass is 200 g/mol. The molecule has 1 heterocycles. The first-order valence-corrected chi connectivity index (χ1v) is 5.67. The summed E-state index contributed by atoms with van der Waals surface area (Å²) in [5.74, 6) is 0. The van der Waals surface area contributed by atoms with E-state index in [1.165, 1.54) is 5.56 Å². The molecule has 1 fully saturated rings. The van der Waals surface area contributed by atoms with Crippen molar-refractivity contribution in [3.8, 4) is 6.07 Å². The van der Waals surface area contributed by atoms with Crippen molar-refractivity contribution in [1.29, 1.82) is 5.26 Å². The van der Waals surface area contributed by atoms with Crippen molar-refractivity contribution in [3.63, 3.8) is 0 Å². The summed E-state index contributed by atoms with van der Waals surface area (Å²) in [5, 5.41) is 9.31. The van der Waals surface area contributed by atoms with Gasteiger partial charge in [-0.05, 0) is 30.9 Å². The van der Waals surface area contributed by atoms with Gasteiger partial charge in [0, 0.05) is 6.20 Å². The molecule has 1 saturated carbocycles. The molecule has 2 rings (SSSR count). The third-order valence-corrected chi connectivity index (χ3v) is 3.39. The molecule has 1 aromatic heterocycles. The summed E-state index contributed by atoms with van der Waals surface area (Å²) < 4.78 is 0. The molecule has 15 heavy (non-hydrogen) atoms. The first-order valence-electron chi connectivity index (χ1n) is 5.67. The van der Waals surface area contributed by atoms with Crippen LogP contribution in [0.25, 0.3) is 0 Å². The summed E-state index contributed by atoms with van der Waals surface area (Å²) >= 11 is 0. The predicted molar refractivity (Wildman–Crippen MR) is 59.4 cm³/mol. The molecular weight excluding hydrogens is 184 g/mol. The second-order valence-corrected chi connectivity index (χ2v) is 4.31. The number of pyridine rings is 1. The third kappa shape index (κ3) is 1.74. The average molecular weight is 200 g/mol. The zero-order valence-electron chi connectivity index (χ0n) is 9.16. The molecule has 0 amide bonds. The first kappa shape index (κ1) is 10.2. The van der Waals surface area contributed by atoms with E-state index in [9.17, 15) is 5.26 Å². The van der Waals surface area contributed by atoms with Crippen LogP contribution in [-0.2, 0) is 11.8 Å². The number of aryl methyl sites for hydroxylation is 1. The van der Waals surface area contributed by atoms with Crippen LogP contribution in [0.1, 0.15) is 43.9 Å². The van der Waals surface area contributed by atoms with Crippen LogP contribution in [0.5, 0.6) is 0 Å². The summed E-state index contributed by atoms with van der Waals surface area (Å²) in [5.41, 5.74) is 1.93. The fraction of sp³-hybridized carbons (Fsp3) is 0.538. The third-order valence-electron chi connectivity index (χ3n) is 3.39. The Morgan fingerprint density at radius 2 is 2.13 bits per heavy atom. The summed E-state index contributed by atoms with van der Waals surface area (Å²) in [6, 6.07) is 6.60. The highest BCUT2D eigenvalue weighted by Crippen LogP contribution is 2.39. The fourth-order valence-electron chi connectivity index (χ4n) is 2.32. The van der Waals surface area contributed by atoms with Gasteiger partial charge < -0.3 is 0 Å². The lowest BCUT2D eigenvalue weighted by atomic mass is 9.84. The zero-order chi connectivity index (χ0) is 10.7. The van der Waals surface area contributed by atoms with Gasteiger partial charge in [-0.3, -0.25) is 4.98 Å². The van der Waals surface area contributed by atoms with Crippen LogP contribution < -0.4 is 0 Å². The molecule has 0 unspecified atom stereocenters. The van der Waals surface area contributed by atoms with Gasteiger partial charge in [0.05, 0.1) is 17.2 Å². The molecule has 1 aromatic rings. The maximum Gasteiger partial charge on any atom is 0.0993 e. The molecule has 1 aliphatic rings. The predicted octanol–water partition coefficient (Wildman–Crippen LogP) is 2.98. The van der Waals surface area contributed by atoms with Crippen molar-refractivity contribution in [2.75, 3.05) is 0 Å². The normalized spacial score (nSPS) is 18.7. The molecule has 0 bridgehead atoms. The number of hydrogen-bond acceptors (Lipinski definition) is 2. The van der Waals surface area contributed by atoms with Gasteiger partial charge in [0.25, 0.3) is 0 Å². The highest BCUT2D eigenvalue weighted by atomic mass is 14.7. The van der Waals surface area contributed by atoms with Gasteiger partial charge in [0.2, 0.25) is 0 Å². The van der Waals surface area contributed by atoms with Gasteiger partial charge >= 0.3 is 0 Å². The van der Waals surface area contributed by atoms with Gasteiger partial charge in [-0.25, -0.2) is 0 Å². The highest BCUT2D eigenvalue weighted by molar-refractivity contribution is 5.29. The summed E-state index contributed by atoms with van der Waals surface area (Å²) in [7, 11) is 0. The number of rotatable bonds is 2. The topological polar surface area (TPSA) is 36.7 Å². The SMILES string of the molecule is CCc1ccc(C2(C#N)CCCC2)nc1. The van der Waals surface area contributed by atoms with E-state index in [1.807, 2.05) is 12.3 Å². The molecule has 0 radical (unpaired) electrons. The van der Waals surface area contributed by atoms with Crippen LogP contribution in [0.4, 0.5) is 0 Å². The second-order valence-electron chi connectivity index (χ2n) is 4.31. The Labute approximate surface area is 91.0 Å². The maximum absolute atomic E-state index is 9.31. The molecule has 0 N–H and O–H groups in total. The minimum absolute atomic E-state index is 0.285. The molecule has 0 saturated heterocycles. The van der Waals surface area contributed by atoms with Crippen molar-refractivity contribution in [2.45, 2.75) is 44.4 Å². The molecule has 1 aliphatic carbocycles. The van der Waals surface area contributed by atoms with E-state index in [0.717, 1.165) is 37.8 Å². The van der Waals surface area contributed by atoms with Gasteiger partial charge in [-0.15, -0.1) is 0 Å².